The summed E-state index contributed by atoms with van der Waals surface area (Å²) in [6, 6.07) is 1.82. The van der Waals surface area contributed by atoms with E-state index in [1.807, 2.05) is 0 Å². The largest absolute Gasteiger partial charge is 0.452 e. The SMILES string of the molecule is O=C(NC1CCNCC1)c1ccoc1Cl. The second-order valence-electron chi connectivity index (χ2n) is 3.61. The normalized spacial score (nSPS) is 17.7. The Balaban J connectivity index is 1.94. The average Bonchev–Trinajstić information content (AvgIpc) is 2.66. The standard InChI is InChI=1S/C10H13ClN2O2/c11-9-8(3-6-15-9)10(14)13-7-1-4-12-5-2-7/h3,6-7,12H,1-2,4-5H2,(H,13,14). The van der Waals surface area contributed by atoms with Gasteiger partial charge >= 0.3 is 0 Å². The highest BCUT2D eigenvalue weighted by atomic mass is 35.5. The molecule has 1 aromatic heterocycles. The van der Waals surface area contributed by atoms with E-state index in [4.69, 9.17) is 16.0 Å². The molecular weight excluding hydrogens is 216 g/mol. The molecule has 0 aromatic carbocycles. The number of hydrogen-bond donors (Lipinski definition) is 2. The molecule has 2 heterocycles. The summed E-state index contributed by atoms with van der Waals surface area (Å²) in [6.07, 6.45) is 3.34. The first-order valence-corrected chi connectivity index (χ1v) is 5.40. The first-order valence-electron chi connectivity index (χ1n) is 5.02. The number of carbonyl (C=O) groups excluding carboxylic acids is 1. The minimum atomic E-state index is -0.152. The predicted molar refractivity (Wildman–Crippen MR) is 57.1 cm³/mol. The predicted octanol–water partition coefficient (Wildman–Crippen LogP) is 1.41. The summed E-state index contributed by atoms with van der Waals surface area (Å²) >= 11 is 5.71. The smallest absolute Gasteiger partial charge is 0.256 e. The van der Waals surface area contributed by atoms with Crippen molar-refractivity contribution in [3.8, 4) is 0 Å². The molecule has 1 saturated heterocycles. The fourth-order valence-corrected chi connectivity index (χ4v) is 1.89. The number of nitrogens with one attached hydrogen (secondary N) is 2. The van der Waals surface area contributed by atoms with Crippen molar-refractivity contribution >= 4 is 17.5 Å². The molecule has 0 saturated carbocycles. The van der Waals surface area contributed by atoms with Gasteiger partial charge in [-0.3, -0.25) is 4.79 Å². The molecule has 1 aromatic rings. The van der Waals surface area contributed by atoms with E-state index in [0.29, 0.717) is 5.56 Å². The van der Waals surface area contributed by atoms with Crippen LogP contribution in [-0.4, -0.2) is 25.0 Å². The van der Waals surface area contributed by atoms with Crippen LogP contribution in [0, 0.1) is 0 Å². The van der Waals surface area contributed by atoms with Gasteiger partial charge in [-0.15, -0.1) is 0 Å². The molecule has 2 N–H and O–H groups in total. The highest BCUT2D eigenvalue weighted by Gasteiger charge is 2.18. The monoisotopic (exact) mass is 228 g/mol. The van der Waals surface area contributed by atoms with Gasteiger partial charge in [0.25, 0.3) is 5.91 Å². The van der Waals surface area contributed by atoms with Crippen LogP contribution >= 0.6 is 11.6 Å². The fraction of sp³-hybridized carbons (Fsp3) is 0.500. The van der Waals surface area contributed by atoms with Crippen molar-refractivity contribution in [3.63, 3.8) is 0 Å². The second kappa shape index (κ2) is 4.68. The van der Waals surface area contributed by atoms with E-state index in [1.165, 1.54) is 6.26 Å². The third-order valence-corrected chi connectivity index (χ3v) is 2.83. The van der Waals surface area contributed by atoms with Gasteiger partial charge in [-0.25, -0.2) is 0 Å². The third-order valence-electron chi connectivity index (χ3n) is 2.54. The molecule has 15 heavy (non-hydrogen) atoms. The van der Waals surface area contributed by atoms with Gasteiger partial charge in [-0.05, 0) is 43.6 Å². The Morgan fingerprint density at radius 3 is 2.87 bits per heavy atom. The number of carbonyl (C=O) groups is 1. The molecule has 0 bridgehead atoms. The Morgan fingerprint density at radius 2 is 2.27 bits per heavy atom. The number of furan rings is 1. The first-order chi connectivity index (χ1) is 7.27. The van der Waals surface area contributed by atoms with E-state index >= 15 is 0 Å². The van der Waals surface area contributed by atoms with Gasteiger partial charge in [-0.2, -0.15) is 0 Å². The Morgan fingerprint density at radius 1 is 1.53 bits per heavy atom. The van der Waals surface area contributed by atoms with Gasteiger partial charge < -0.3 is 15.1 Å². The van der Waals surface area contributed by atoms with Gasteiger partial charge in [0.2, 0.25) is 5.22 Å². The zero-order valence-electron chi connectivity index (χ0n) is 8.25. The number of halogens is 1. The Kier molecular flexibility index (Phi) is 3.28. The lowest BCUT2D eigenvalue weighted by Gasteiger charge is -2.23. The Bertz CT molecular complexity index is 345. The van der Waals surface area contributed by atoms with Gasteiger partial charge in [0.1, 0.15) is 0 Å². The summed E-state index contributed by atoms with van der Waals surface area (Å²) in [5.74, 6) is -0.152. The molecule has 0 atom stereocenters. The van der Waals surface area contributed by atoms with Crippen LogP contribution in [-0.2, 0) is 0 Å². The molecule has 1 fully saturated rings. The van der Waals surface area contributed by atoms with Crippen LogP contribution in [0.1, 0.15) is 23.2 Å². The van der Waals surface area contributed by atoms with E-state index in [-0.39, 0.29) is 17.2 Å². The van der Waals surface area contributed by atoms with Gasteiger partial charge in [0.15, 0.2) is 0 Å². The molecule has 0 radical (unpaired) electrons. The van der Waals surface area contributed by atoms with Crippen molar-refractivity contribution in [2.24, 2.45) is 0 Å². The van der Waals surface area contributed by atoms with Crippen LogP contribution in [0.15, 0.2) is 16.7 Å². The molecule has 1 aliphatic heterocycles. The van der Waals surface area contributed by atoms with E-state index in [9.17, 15) is 4.79 Å². The van der Waals surface area contributed by atoms with Crippen molar-refractivity contribution < 1.29 is 9.21 Å². The quantitative estimate of drug-likeness (QED) is 0.805. The summed E-state index contributed by atoms with van der Waals surface area (Å²) in [6.45, 7) is 1.90. The maximum Gasteiger partial charge on any atom is 0.256 e. The summed E-state index contributed by atoms with van der Waals surface area (Å²) < 4.78 is 4.87. The Labute approximate surface area is 93.0 Å². The highest BCUT2D eigenvalue weighted by molar-refractivity contribution is 6.32. The minimum Gasteiger partial charge on any atom is -0.452 e. The number of amides is 1. The van der Waals surface area contributed by atoms with Crippen molar-refractivity contribution in [1.29, 1.82) is 0 Å². The van der Waals surface area contributed by atoms with Crippen molar-refractivity contribution in [2.75, 3.05) is 13.1 Å². The van der Waals surface area contributed by atoms with Crippen LogP contribution in [0.3, 0.4) is 0 Å². The maximum absolute atomic E-state index is 11.7. The molecule has 0 unspecified atom stereocenters. The summed E-state index contributed by atoms with van der Waals surface area (Å²) in [4.78, 5) is 11.7. The minimum absolute atomic E-state index is 0.152. The summed E-state index contributed by atoms with van der Waals surface area (Å²) in [7, 11) is 0. The molecule has 1 amide bonds. The third kappa shape index (κ3) is 2.52. The summed E-state index contributed by atoms with van der Waals surface area (Å²) in [5.41, 5.74) is 0.412. The lowest BCUT2D eigenvalue weighted by atomic mass is 10.1. The zero-order chi connectivity index (χ0) is 10.7. The number of piperidine rings is 1. The molecular formula is C10H13ClN2O2. The van der Waals surface area contributed by atoms with Crippen LogP contribution in [0.5, 0.6) is 0 Å². The average molecular weight is 229 g/mol. The molecule has 2 rings (SSSR count). The van der Waals surface area contributed by atoms with E-state index in [1.54, 1.807) is 6.07 Å². The van der Waals surface area contributed by atoms with E-state index in [0.717, 1.165) is 25.9 Å². The van der Waals surface area contributed by atoms with Crippen molar-refractivity contribution in [3.05, 3.63) is 23.1 Å². The van der Waals surface area contributed by atoms with Crippen LogP contribution < -0.4 is 10.6 Å². The van der Waals surface area contributed by atoms with E-state index in [2.05, 4.69) is 10.6 Å². The molecule has 0 spiro atoms. The number of hydrogen-bond acceptors (Lipinski definition) is 3. The van der Waals surface area contributed by atoms with Crippen LogP contribution in [0.4, 0.5) is 0 Å². The van der Waals surface area contributed by atoms with E-state index < -0.39 is 0 Å². The van der Waals surface area contributed by atoms with Crippen molar-refractivity contribution in [2.45, 2.75) is 18.9 Å². The van der Waals surface area contributed by atoms with Crippen LogP contribution in [0.25, 0.3) is 0 Å². The van der Waals surface area contributed by atoms with Crippen molar-refractivity contribution in [1.82, 2.24) is 10.6 Å². The van der Waals surface area contributed by atoms with Gasteiger partial charge in [0, 0.05) is 6.04 Å². The maximum atomic E-state index is 11.7. The Hall–Kier alpha value is -1.00. The topological polar surface area (TPSA) is 54.3 Å². The first kappa shape index (κ1) is 10.5. The fourth-order valence-electron chi connectivity index (χ4n) is 1.69. The second-order valence-corrected chi connectivity index (χ2v) is 3.95. The van der Waals surface area contributed by atoms with Gasteiger partial charge in [-0.1, -0.05) is 0 Å². The molecule has 4 nitrogen and oxygen atoms in total. The zero-order valence-corrected chi connectivity index (χ0v) is 9.01. The van der Waals surface area contributed by atoms with Crippen LogP contribution in [0.2, 0.25) is 5.22 Å². The summed E-state index contributed by atoms with van der Waals surface area (Å²) in [5, 5.41) is 6.33. The highest BCUT2D eigenvalue weighted by Crippen LogP contribution is 2.16. The lowest BCUT2D eigenvalue weighted by molar-refractivity contribution is 0.0929. The molecule has 5 heteroatoms. The molecule has 82 valence electrons. The lowest BCUT2D eigenvalue weighted by Crippen LogP contribution is -2.42. The van der Waals surface area contributed by atoms with Gasteiger partial charge in [0.05, 0.1) is 11.8 Å². The molecule has 0 aliphatic carbocycles. The molecule has 1 aliphatic rings. The number of rotatable bonds is 2.